The van der Waals surface area contributed by atoms with Crippen molar-refractivity contribution in [3.63, 3.8) is 0 Å². The van der Waals surface area contributed by atoms with Crippen molar-refractivity contribution in [2.24, 2.45) is 0 Å². The van der Waals surface area contributed by atoms with Gasteiger partial charge in [0.2, 0.25) is 5.91 Å². The summed E-state index contributed by atoms with van der Waals surface area (Å²) in [5.41, 5.74) is 2.34. The Morgan fingerprint density at radius 1 is 1.12 bits per heavy atom. The van der Waals surface area contributed by atoms with Gasteiger partial charge in [0, 0.05) is 30.9 Å². The molecule has 0 atom stereocenters. The summed E-state index contributed by atoms with van der Waals surface area (Å²) < 4.78 is 0. The van der Waals surface area contributed by atoms with Gasteiger partial charge in [0.15, 0.2) is 5.82 Å². The number of rotatable bonds is 5. The first-order chi connectivity index (χ1) is 12.8. The van der Waals surface area contributed by atoms with E-state index in [9.17, 15) is 4.79 Å². The Morgan fingerprint density at radius 2 is 1.96 bits per heavy atom. The monoisotopic (exact) mass is 365 g/mol. The molecule has 0 aliphatic carbocycles. The molecule has 0 unspecified atom stereocenters. The second kappa shape index (κ2) is 7.61. The maximum Gasteiger partial charge on any atom is 0.230 e. The quantitative estimate of drug-likeness (QED) is 0.750. The highest BCUT2D eigenvalue weighted by atomic mass is 32.1. The summed E-state index contributed by atoms with van der Waals surface area (Å²) in [5, 5.41) is 5.73. The number of pyridine rings is 2. The fourth-order valence-corrected chi connectivity index (χ4v) is 3.82. The van der Waals surface area contributed by atoms with Crippen molar-refractivity contribution in [2.75, 3.05) is 23.3 Å². The van der Waals surface area contributed by atoms with Crippen molar-refractivity contribution < 1.29 is 4.79 Å². The first-order valence-electron chi connectivity index (χ1n) is 8.65. The third-order valence-electron chi connectivity index (χ3n) is 4.24. The average molecular weight is 365 g/mol. The molecular weight excluding hydrogens is 346 g/mol. The van der Waals surface area contributed by atoms with Gasteiger partial charge in [-0.15, -0.1) is 11.3 Å². The van der Waals surface area contributed by atoms with Crippen LogP contribution in [0.4, 0.5) is 11.5 Å². The zero-order chi connectivity index (χ0) is 17.8. The van der Waals surface area contributed by atoms with Crippen LogP contribution in [-0.4, -0.2) is 33.9 Å². The predicted octanol–water partition coefficient (Wildman–Crippen LogP) is 3.38. The molecule has 0 aromatic carbocycles. The molecular formula is C19H19N5OS. The summed E-state index contributed by atoms with van der Waals surface area (Å²) in [7, 11) is 0. The Labute approximate surface area is 155 Å². The molecule has 0 radical (unpaired) electrons. The van der Waals surface area contributed by atoms with E-state index in [1.807, 2.05) is 35.7 Å². The number of nitrogens with one attached hydrogen (secondary N) is 1. The Kier molecular flexibility index (Phi) is 4.88. The minimum Gasteiger partial charge on any atom is -0.355 e. The Balaban J connectivity index is 1.44. The number of nitrogens with zero attached hydrogens (tertiary/aromatic N) is 4. The van der Waals surface area contributed by atoms with Crippen molar-refractivity contribution in [1.82, 2.24) is 15.0 Å². The lowest BCUT2D eigenvalue weighted by molar-refractivity contribution is -0.115. The van der Waals surface area contributed by atoms with Gasteiger partial charge in [0.25, 0.3) is 0 Å². The maximum absolute atomic E-state index is 12.5. The first kappa shape index (κ1) is 16.7. The maximum atomic E-state index is 12.5. The molecule has 4 heterocycles. The number of amides is 1. The van der Waals surface area contributed by atoms with Gasteiger partial charge in [0.05, 0.1) is 23.5 Å². The summed E-state index contributed by atoms with van der Waals surface area (Å²) in [6.07, 6.45) is 6.07. The smallest absolute Gasteiger partial charge is 0.230 e. The van der Waals surface area contributed by atoms with Crippen molar-refractivity contribution in [1.29, 1.82) is 0 Å². The average Bonchev–Trinajstić information content (AvgIpc) is 3.35. The molecule has 7 heteroatoms. The van der Waals surface area contributed by atoms with Crippen molar-refractivity contribution in [2.45, 2.75) is 19.3 Å². The minimum atomic E-state index is -0.0867. The molecule has 1 aliphatic heterocycles. The lowest BCUT2D eigenvalue weighted by atomic mass is 10.3. The third kappa shape index (κ3) is 3.72. The second-order valence-electron chi connectivity index (χ2n) is 6.15. The normalized spacial score (nSPS) is 13.8. The molecule has 0 saturated carbocycles. The lowest BCUT2D eigenvalue weighted by Crippen LogP contribution is -2.23. The molecule has 26 heavy (non-hydrogen) atoms. The van der Waals surface area contributed by atoms with E-state index >= 15 is 0 Å². The summed E-state index contributed by atoms with van der Waals surface area (Å²) in [6, 6.07) is 9.46. The van der Waals surface area contributed by atoms with Gasteiger partial charge in [-0.2, -0.15) is 0 Å². The summed E-state index contributed by atoms with van der Waals surface area (Å²) >= 11 is 1.50. The fourth-order valence-electron chi connectivity index (χ4n) is 3.03. The number of hydrogen-bond donors (Lipinski definition) is 1. The van der Waals surface area contributed by atoms with E-state index in [1.54, 1.807) is 12.4 Å². The van der Waals surface area contributed by atoms with Crippen LogP contribution in [0.1, 0.15) is 18.5 Å². The summed E-state index contributed by atoms with van der Waals surface area (Å²) in [6.45, 7) is 1.97. The molecule has 3 aromatic heterocycles. The van der Waals surface area contributed by atoms with Gasteiger partial charge in [0.1, 0.15) is 5.01 Å². The van der Waals surface area contributed by atoms with Crippen LogP contribution in [0, 0.1) is 0 Å². The van der Waals surface area contributed by atoms with Crippen LogP contribution in [-0.2, 0) is 11.2 Å². The third-order valence-corrected chi connectivity index (χ3v) is 5.16. The Morgan fingerprint density at radius 3 is 2.77 bits per heavy atom. The van der Waals surface area contributed by atoms with E-state index in [0.29, 0.717) is 0 Å². The van der Waals surface area contributed by atoms with Crippen LogP contribution in [0.15, 0.2) is 48.1 Å². The Hall–Kier alpha value is -2.80. The number of hydrogen-bond acceptors (Lipinski definition) is 6. The molecule has 3 aromatic rings. The molecule has 0 bridgehead atoms. The molecule has 6 nitrogen and oxygen atoms in total. The predicted molar refractivity (Wildman–Crippen MR) is 103 cm³/mol. The van der Waals surface area contributed by atoms with E-state index < -0.39 is 0 Å². The Bertz CT molecular complexity index is 890. The largest absolute Gasteiger partial charge is 0.355 e. The fraction of sp³-hybridized carbons (Fsp3) is 0.263. The van der Waals surface area contributed by atoms with E-state index in [0.717, 1.165) is 41.0 Å². The van der Waals surface area contributed by atoms with Crippen molar-refractivity contribution >= 4 is 28.7 Å². The van der Waals surface area contributed by atoms with E-state index in [1.165, 1.54) is 24.2 Å². The van der Waals surface area contributed by atoms with E-state index in [2.05, 4.69) is 25.2 Å². The van der Waals surface area contributed by atoms with Gasteiger partial charge in [-0.25, -0.2) is 9.97 Å². The van der Waals surface area contributed by atoms with Crippen LogP contribution < -0.4 is 10.2 Å². The standard InChI is InChI=1S/C19H19N5OS/c25-17(12-14-13-26-19(22-14)16-6-1-2-8-20-16)23-15-7-5-9-21-18(15)24-10-3-4-11-24/h1-2,5-9,13H,3-4,10-12H2,(H,23,25). The van der Waals surface area contributed by atoms with E-state index in [-0.39, 0.29) is 12.3 Å². The minimum absolute atomic E-state index is 0.0867. The molecule has 1 saturated heterocycles. The van der Waals surface area contributed by atoms with Gasteiger partial charge in [-0.1, -0.05) is 6.07 Å². The molecule has 1 N–H and O–H groups in total. The molecule has 1 fully saturated rings. The number of aromatic nitrogens is 3. The zero-order valence-corrected chi connectivity index (χ0v) is 15.1. The highest BCUT2D eigenvalue weighted by molar-refractivity contribution is 7.13. The molecule has 132 valence electrons. The summed E-state index contributed by atoms with van der Waals surface area (Å²) in [4.78, 5) is 28.0. The second-order valence-corrected chi connectivity index (χ2v) is 7.01. The highest BCUT2D eigenvalue weighted by Crippen LogP contribution is 2.26. The van der Waals surface area contributed by atoms with Crippen LogP contribution in [0.3, 0.4) is 0 Å². The SMILES string of the molecule is O=C(Cc1csc(-c2ccccn2)n1)Nc1cccnc1N1CCCC1. The molecule has 1 amide bonds. The number of carbonyl (C=O) groups is 1. The molecule has 4 rings (SSSR count). The van der Waals surface area contributed by atoms with Crippen molar-refractivity contribution in [3.05, 3.63) is 53.8 Å². The van der Waals surface area contributed by atoms with Crippen LogP contribution in [0.25, 0.3) is 10.7 Å². The van der Waals surface area contributed by atoms with Gasteiger partial charge in [-0.3, -0.25) is 9.78 Å². The first-order valence-corrected chi connectivity index (χ1v) is 9.53. The van der Waals surface area contributed by atoms with E-state index in [4.69, 9.17) is 0 Å². The van der Waals surface area contributed by atoms with Crippen LogP contribution in [0.2, 0.25) is 0 Å². The zero-order valence-electron chi connectivity index (χ0n) is 14.3. The topological polar surface area (TPSA) is 71.0 Å². The highest BCUT2D eigenvalue weighted by Gasteiger charge is 2.18. The van der Waals surface area contributed by atoms with Crippen molar-refractivity contribution in [3.8, 4) is 10.7 Å². The van der Waals surface area contributed by atoms with Crippen LogP contribution in [0.5, 0.6) is 0 Å². The lowest BCUT2D eigenvalue weighted by Gasteiger charge is -2.19. The van der Waals surface area contributed by atoms with Crippen LogP contribution >= 0.6 is 11.3 Å². The molecule has 0 spiro atoms. The van der Waals surface area contributed by atoms with Gasteiger partial charge >= 0.3 is 0 Å². The number of carbonyl (C=O) groups excluding carboxylic acids is 1. The van der Waals surface area contributed by atoms with Gasteiger partial charge < -0.3 is 10.2 Å². The number of thiazole rings is 1. The number of anilines is 2. The summed E-state index contributed by atoms with van der Waals surface area (Å²) in [5.74, 6) is 0.766. The molecule has 1 aliphatic rings. The van der Waals surface area contributed by atoms with Gasteiger partial charge in [-0.05, 0) is 37.1 Å².